The average Bonchev–Trinajstić information content (AvgIpc) is 3.39. The molecule has 12 heteroatoms. The standard InChI is InChI=1S/C62H103O11P/c1-4-7-10-13-16-19-22-25-28-29-32-35-38-41-44-47-50-53-62(66)73-59(55-69-60(64)51-48-45-42-39-36-33-30-26-23-20-17-14-11-8-5-2)57-71-74(67,68)70-56-58(54-63)72-61(65)52-49-46-43-40-37-34-31-27-24-21-18-15-12-9-6-3/h8-9,11-12,17-18,20-21,25-28,30-31,37,40,46,49,58-59,63H,4-7,10,13-16,19,22-24,29,32-36,38-39,41-45,47-48,50-57H2,1-3H3,(H,67,68)/b11-8-,12-9-,20-17-,21-18-,28-25-,30-26-,31-27-,40-37-,49-46-. The summed E-state index contributed by atoms with van der Waals surface area (Å²) in [6, 6.07) is 0. The summed E-state index contributed by atoms with van der Waals surface area (Å²) in [6.45, 7) is 4.27. The van der Waals surface area contributed by atoms with E-state index in [9.17, 15) is 28.9 Å². The van der Waals surface area contributed by atoms with Crippen molar-refractivity contribution >= 4 is 25.7 Å². The van der Waals surface area contributed by atoms with Crippen molar-refractivity contribution in [3.63, 3.8) is 0 Å². The van der Waals surface area contributed by atoms with Crippen LogP contribution in [0.1, 0.15) is 226 Å². The van der Waals surface area contributed by atoms with Crippen LogP contribution < -0.4 is 0 Å². The van der Waals surface area contributed by atoms with Crippen molar-refractivity contribution in [1.82, 2.24) is 0 Å². The zero-order valence-electron chi connectivity index (χ0n) is 46.5. The molecule has 0 radical (unpaired) electrons. The number of rotatable bonds is 52. The number of unbranched alkanes of at least 4 members (excludes halogenated alkanes) is 18. The van der Waals surface area contributed by atoms with Crippen molar-refractivity contribution in [3.8, 4) is 0 Å². The minimum Gasteiger partial charge on any atom is -0.462 e. The van der Waals surface area contributed by atoms with Gasteiger partial charge in [-0.1, -0.05) is 214 Å². The maximum absolute atomic E-state index is 12.9. The summed E-state index contributed by atoms with van der Waals surface area (Å²) in [6.07, 6.45) is 66.5. The summed E-state index contributed by atoms with van der Waals surface area (Å²) < 4.78 is 39.4. The third-order valence-electron chi connectivity index (χ3n) is 11.7. The van der Waals surface area contributed by atoms with Crippen LogP contribution >= 0.6 is 7.82 Å². The topological polar surface area (TPSA) is 155 Å². The number of hydrogen-bond acceptors (Lipinski definition) is 10. The van der Waals surface area contributed by atoms with Gasteiger partial charge < -0.3 is 24.2 Å². The molecule has 11 nitrogen and oxygen atoms in total. The highest BCUT2D eigenvalue weighted by Gasteiger charge is 2.28. The van der Waals surface area contributed by atoms with Crippen LogP contribution in [-0.4, -0.2) is 66.5 Å². The summed E-state index contributed by atoms with van der Waals surface area (Å²) in [5, 5.41) is 9.79. The van der Waals surface area contributed by atoms with Crippen molar-refractivity contribution in [3.05, 3.63) is 109 Å². The molecule has 2 N–H and O–H groups in total. The van der Waals surface area contributed by atoms with Crippen molar-refractivity contribution in [1.29, 1.82) is 0 Å². The Labute approximate surface area is 450 Å². The Morgan fingerprint density at radius 2 is 0.757 bits per heavy atom. The van der Waals surface area contributed by atoms with Crippen LogP contribution in [0.3, 0.4) is 0 Å². The lowest BCUT2D eigenvalue weighted by Gasteiger charge is -2.21. The Bertz CT molecular complexity index is 1660. The minimum atomic E-state index is -4.78. The Kier molecular flexibility index (Phi) is 52.5. The number of hydrogen-bond donors (Lipinski definition) is 2. The molecule has 3 atom stereocenters. The fraction of sp³-hybridized carbons (Fsp3) is 0.661. The van der Waals surface area contributed by atoms with E-state index in [0.29, 0.717) is 19.3 Å². The molecule has 0 aliphatic heterocycles. The first kappa shape index (κ1) is 70.1. The van der Waals surface area contributed by atoms with Crippen molar-refractivity contribution in [2.45, 2.75) is 238 Å². The molecular weight excluding hydrogens is 952 g/mol. The zero-order chi connectivity index (χ0) is 54.1. The summed E-state index contributed by atoms with van der Waals surface area (Å²) in [4.78, 5) is 48.5. The highest BCUT2D eigenvalue weighted by molar-refractivity contribution is 7.47. The van der Waals surface area contributed by atoms with Crippen LogP contribution in [0.2, 0.25) is 0 Å². The second kappa shape index (κ2) is 55.4. The molecule has 0 aromatic rings. The first-order chi connectivity index (χ1) is 36.2. The smallest absolute Gasteiger partial charge is 0.462 e. The Morgan fingerprint density at radius 3 is 1.20 bits per heavy atom. The van der Waals surface area contributed by atoms with Crippen LogP contribution in [0.15, 0.2) is 109 Å². The number of aliphatic hydroxyl groups excluding tert-OH is 1. The van der Waals surface area contributed by atoms with Crippen molar-refractivity contribution < 1.29 is 52.2 Å². The molecule has 0 saturated carbocycles. The summed E-state index contributed by atoms with van der Waals surface area (Å²) in [7, 11) is -4.78. The highest BCUT2D eigenvalue weighted by Crippen LogP contribution is 2.43. The lowest BCUT2D eigenvalue weighted by atomic mass is 10.1. The molecule has 0 aliphatic carbocycles. The molecule has 0 aliphatic rings. The van der Waals surface area contributed by atoms with Gasteiger partial charge in [0.15, 0.2) is 6.10 Å². The summed E-state index contributed by atoms with van der Waals surface area (Å²) in [5.41, 5.74) is 0. The number of phosphoric acid groups is 1. The fourth-order valence-corrected chi connectivity index (χ4v) is 8.17. The van der Waals surface area contributed by atoms with Gasteiger partial charge in [-0.15, -0.1) is 0 Å². The maximum Gasteiger partial charge on any atom is 0.472 e. The first-order valence-electron chi connectivity index (χ1n) is 28.8. The van der Waals surface area contributed by atoms with Gasteiger partial charge in [0.05, 0.1) is 26.2 Å². The van der Waals surface area contributed by atoms with Gasteiger partial charge in [-0.2, -0.15) is 0 Å². The van der Waals surface area contributed by atoms with E-state index in [2.05, 4.69) is 106 Å². The van der Waals surface area contributed by atoms with E-state index in [1.807, 2.05) is 18.2 Å². The molecule has 74 heavy (non-hydrogen) atoms. The van der Waals surface area contributed by atoms with Gasteiger partial charge in [-0.3, -0.25) is 23.4 Å². The van der Waals surface area contributed by atoms with Crippen molar-refractivity contribution in [2.24, 2.45) is 0 Å². The monoisotopic (exact) mass is 1050 g/mol. The van der Waals surface area contributed by atoms with E-state index in [1.54, 1.807) is 6.08 Å². The maximum atomic E-state index is 12.9. The van der Waals surface area contributed by atoms with E-state index in [4.69, 9.17) is 23.3 Å². The molecule has 3 unspecified atom stereocenters. The van der Waals surface area contributed by atoms with Gasteiger partial charge in [0.1, 0.15) is 12.7 Å². The van der Waals surface area contributed by atoms with Gasteiger partial charge in [0.2, 0.25) is 0 Å². The van der Waals surface area contributed by atoms with E-state index < -0.39 is 57.8 Å². The number of aliphatic hydroxyl groups is 1. The van der Waals surface area contributed by atoms with Gasteiger partial charge in [0, 0.05) is 12.8 Å². The zero-order valence-corrected chi connectivity index (χ0v) is 47.4. The second-order valence-corrected chi connectivity index (χ2v) is 20.2. The van der Waals surface area contributed by atoms with Gasteiger partial charge in [-0.25, -0.2) is 4.57 Å². The third kappa shape index (κ3) is 53.0. The molecule has 0 fully saturated rings. The Balaban J connectivity index is 4.84. The lowest BCUT2D eigenvalue weighted by Crippen LogP contribution is -2.30. The molecule has 422 valence electrons. The number of carbonyl (C=O) groups excluding carboxylic acids is 3. The molecule has 0 aromatic carbocycles. The number of ether oxygens (including phenoxy) is 3. The number of carbonyl (C=O) groups is 3. The van der Waals surface area contributed by atoms with Crippen LogP contribution in [-0.2, 0) is 42.2 Å². The van der Waals surface area contributed by atoms with Crippen LogP contribution in [0.25, 0.3) is 0 Å². The van der Waals surface area contributed by atoms with E-state index in [0.717, 1.165) is 109 Å². The first-order valence-corrected chi connectivity index (χ1v) is 30.3. The number of esters is 3. The predicted molar refractivity (Wildman–Crippen MR) is 307 cm³/mol. The SMILES string of the molecule is CC/C=C\C/C=C\C/C=C\C/C=C\C/C=C\CC(=O)OC(CO)COP(=O)(O)OCC(COC(=O)CCCCCCC/C=C\C/C=C\C/C=C\CC)OC(=O)CCCCCCCCC/C=C\CCCCCCCC. The molecule has 0 bridgehead atoms. The van der Waals surface area contributed by atoms with Crippen LogP contribution in [0, 0.1) is 0 Å². The second-order valence-electron chi connectivity index (χ2n) is 18.7. The van der Waals surface area contributed by atoms with E-state index in [-0.39, 0.29) is 25.9 Å². The largest absolute Gasteiger partial charge is 0.472 e. The fourth-order valence-electron chi connectivity index (χ4n) is 7.38. The molecule has 0 heterocycles. The highest BCUT2D eigenvalue weighted by atomic mass is 31.2. The quantitative estimate of drug-likeness (QED) is 0.0197. The summed E-state index contributed by atoms with van der Waals surface area (Å²) >= 11 is 0. The number of allylic oxidation sites excluding steroid dienone is 17. The van der Waals surface area contributed by atoms with Crippen molar-refractivity contribution in [2.75, 3.05) is 26.4 Å². The van der Waals surface area contributed by atoms with Gasteiger partial charge in [-0.05, 0) is 103 Å². The average molecular weight is 1060 g/mol. The normalized spacial score (nSPS) is 14.2. The molecule has 0 amide bonds. The molecule has 0 spiro atoms. The molecule has 0 saturated heterocycles. The Morgan fingerprint density at radius 1 is 0.405 bits per heavy atom. The molecular formula is C62H103O11P. The minimum absolute atomic E-state index is 0.0607. The predicted octanol–water partition coefficient (Wildman–Crippen LogP) is 17.0. The van der Waals surface area contributed by atoms with Crippen LogP contribution in [0.4, 0.5) is 0 Å². The van der Waals surface area contributed by atoms with Gasteiger partial charge >= 0.3 is 25.7 Å². The Hall–Kier alpha value is -3.86. The van der Waals surface area contributed by atoms with E-state index in [1.165, 1.54) is 57.8 Å². The molecule has 0 rings (SSSR count). The van der Waals surface area contributed by atoms with Crippen LogP contribution in [0.5, 0.6) is 0 Å². The van der Waals surface area contributed by atoms with E-state index >= 15 is 0 Å². The van der Waals surface area contributed by atoms with Gasteiger partial charge in [0.25, 0.3) is 0 Å². The molecule has 0 aromatic heterocycles. The number of phosphoric ester groups is 1. The lowest BCUT2D eigenvalue weighted by molar-refractivity contribution is -0.161. The third-order valence-corrected chi connectivity index (χ3v) is 12.6. The summed E-state index contributed by atoms with van der Waals surface area (Å²) in [5.74, 6) is -1.63.